The molecule has 0 saturated carbocycles. The number of hydrogen-bond donors (Lipinski definition) is 1. The number of H-pyrrole nitrogens is 1. The van der Waals surface area contributed by atoms with E-state index >= 15 is 0 Å². The van der Waals surface area contributed by atoms with Crippen LogP contribution in [0.15, 0.2) is 12.6 Å². The number of allylic oxidation sites excluding steroid dienone is 1. The Morgan fingerprint density at radius 3 is 3.00 bits per heavy atom. The second-order valence-corrected chi connectivity index (χ2v) is 2.73. The van der Waals surface area contributed by atoms with Crippen LogP contribution in [0.4, 0.5) is 0 Å². The van der Waals surface area contributed by atoms with Crippen LogP contribution in [0.5, 0.6) is 0 Å². The van der Waals surface area contributed by atoms with Gasteiger partial charge >= 0.3 is 0 Å². The quantitative estimate of drug-likeness (QED) is 0.729. The topological polar surface area (TPSA) is 28.7 Å². The molecule has 54 valence electrons. The number of halogens is 1. The number of aromatic amines is 1. The highest BCUT2D eigenvalue weighted by Crippen LogP contribution is 2.11. The van der Waals surface area contributed by atoms with Crippen LogP contribution in [0.25, 0.3) is 5.57 Å². The summed E-state index contributed by atoms with van der Waals surface area (Å²) in [6.45, 7) is 5.80. The third-order valence-corrected chi connectivity index (χ3v) is 1.91. The van der Waals surface area contributed by atoms with Crippen molar-refractivity contribution in [3.8, 4) is 0 Å². The maximum absolute atomic E-state index is 4.03. The molecule has 1 aromatic heterocycles. The number of aryl methyl sites for hydroxylation is 1. The van der Waals surface area contributed by atoms with Gasteiger partial charge in [0.1, 0.15) is 0 Å². The molecule has 10 heavy (non-hydrogen) atoms. The lowest BCUT2D eigenvalue weighted by atomic mass is 10.2. The van der Waals surface area contributed by atoms with E-state index in [1.54, 1.807) is 0 Å². The van der Waals surface area contributed by atoms with Crippen LogP contribution in [0.3, 0.4) is 0 Å². The summed E-state index contributed by atoms with van der Waals surface area (Å²) in [5, 5.41) is 7.66. The van der Waals surface area contributed by atoms with Gasteiger partial charge in [-0.15, -0.1) is 0 Å². The molecular formula is C7H9BrN2. The van der Waals surface area contributed by atoms with E-state index in [2.05, 4.69) is 32.7 Å². The molecule has 0 aliphatic heterocycles. The first kappa shape index (κ1) is 7.54. The molecule has 1 aromatic rings. The van der Waals surface area contributed by atoms with E-state index in [4.69, 9.17) is 0 Å². The average molecular weight is 201 g/mol. The molecule has 0 aromatic carbocycles. The van der Waals surface area contributed by atoms with Gasteiger partial charge in [0.25, 0.3) is 0 Å². The Morgan fingerprint density at radius 1 is 1.90 bits per heavy atom. The van der Waals surface area contributed by atoms with Crippen LogP contribution >= 0.6 is 15.9 Å². The van der Waals surface area contributed by atoms with E-state index in [9.17, 15) is 0 Å². The minimum absolute atomic E-state index is 0.775. The summed E-state index contributed by atoms with van der Waals surface area (Å²) in [6.07, 6.45) is 0. The average Bonchev–Trinajstić information content (AvgIpc) is 2.34. The minimum Gasteiger partial charge on any atom is -0.282 e. The van der Waals surface area contributed by atoms with Gasteiger partial charge in [-0.25, -0.2) is 0 Å². The molecule has 0 atom stereocenters. The maximum Gasteiger partial charge on any atom is 0.0885 e. The molecule has 1 N–H and O–H groups in total. The molecule has 1 heterocycles. The molecule has 2 nitrogen and oxygen atoms in total. The summed E-state index contributed by atoms with van der Waals surface area (Å²) in [7, 11) is 0. The van der Waals surface area contributed by atoms with Crippen molar-refractivity contribution in [2.45, 2.75) is 6.92 Å². The van der Waals surface area contributed by atoms with Gasteiger partial charge in [-0.1, -0.05) is 22.5 Å². The molecule has 0 unspecified atom stereocenters. The zero-order valence-electron chi connectivity index (χ0n) is 5.82. The summed E-state index contributed by atoms with van der Waals surface area (Å²) < 4.78 is 0. The highest BCUT2D eigenvalue weighted by molar-refractivity contribution is 9.09. The zero-order valence-corrected chi connectivity index (χ0v) is 7.40. The molecule has 0 fully saturated rings. The van der Waals surface area contributed by atoms with E-state index in [1.807, 2.05) is 13.0 Å². The number of hydrogen-bond acceptors (Lipinski definition) is 1. The largest absolute Gasteiger partial charge is 0.282 e. The Balaban J connectivity index is 2.85. The Kier molecular flexibility index (Phi) is 2.27. The first-order chi connectivity index (χ1) is 4.74. The first-order valence-electron chi connectivity index (χ1n) is 3.00. The summed E-state index contributed by atoms with van der Waals surface area (Å²) in [6, 6.07) is 1.98. The van der Waals surface area contributed by atoms with Crippen molar-refractivity contribution in [1.82, 2.24) is 10.2 Å². The van der Waals surface area contributed by atoms with Gasteiger partial charge in [-0.05, 0) is 18.6 Å². The van der Waals surface area contributed by atoms with Crippen LogP contribution in [-0.4, -0.2) is 15.5 Å². The fourth-order valence-electron chi connectivity index (χ4n) is 0.668. The molecule has 0 radical (unpaired) electrons. The smallest absolute Gasteiger partial charge is 0.0885 e. The van der Waals surface area contributed by atoms with E-state index in [1.165, 1.54) is 0 Å². The zero-order chi connectivity index (χ0) is 7.56. The van der Waals surface area contributed by atoms with Gasteiger partial charge in [0, 0.05) is 11.0 Å². The lowest BCUT2D eigenvalue weighted by molar-refractivity contribution is 1.04. The van der Waals surface area contributed by atoms with Crippen LogP contribution in [0.1, 0.15) is 11.4 Å². The van der Waals surface area contributed by atoms with E-state index in [0.29, 0.717) is 0 Å². The highest BCUT2D eigenvalue weighted by atomic mass is 79.9. The van der Waals surface area contributed by atoms with Crippen molar-refractivity contribution in [2.75, 3.05) is 5.33 Å². The maximum atomic E-state index is 4.03. The lowest BCUT2D eigenvalue weighted by Gasteiger charge is -1.91. The predicted molar refractivity (Wildman–Crippen MR) is 46.2 cm³/mol. The Labute approximate surface area is 68.5 Å². The molecule has 0 saturated heterocycles. The lowest BCUT2D eigenvalue weighted by Crippen LogP contribution is -1.82. The number of nitrogens with zero attached hydrogens (tertiary/aromatic N) is 1. The van der Waals surface area contributed by atoms with Crippen molar-refractivity contribution in [2.24, 2.45) is 0 Å². The Bertz CT molecular complexity index is 240. The molecule has 0 amide bonds. The molecule has 1 rings (SSSR count). The third kappa shape index (κ3) is 1.48. The molecule has 0 aliphatic carbocycles. The molecule has 0 spiro atoms. The predicted octanol–water partition coefficient (Wildman–Crippen LogP) is 2.13. The molecular weight excluding hydrogens is 192 g/mol. The second-order valence-electron chi connectivity index (χ2n) is 2.17. The van der Waals surface area contributed by atoms with Crippen LogP contribution in [0.2, 0.25) is 0 Å². The monoisotopic (exact) mass is 200 g/mol. The molecule has 3 heteroatoms. The van der Waals surface area contributed by atoms with Gasteiger partial charge < -0.3 is 0 Å². The van der Waals surface area contributed by atoms with Gasteiger partial charge in [0.2, 0.25) is 0 Å². The van der Waals surface area contributed by atoms with E-state index < -0.39 is 0 Å². The minimum atomic E-state index is 0.775. The van der Waals surface area contributed by atoms with E-state index in [-0.39, 0.29) is 0 Å². The van der Waals surface area contributed by atoms with Gasteiger partial charge in [0.15, 0.2) is 0 Å². The fourth-order valence-corrected chi connectivity index (χ4v) is 0.955. The van der Waals surface area contributed by atoms with Crippen LogP contribution in [-0.2, 0) is 0 Å². The van der Waals surface area contributed by atoms with Gasteiger partial charge in [-0.2, -0.15) is 5.10 Å². The molecule has 0 bridgehead atoms. The summed E-state index contributed by atoms with van der Waals surface area (Å²) in [5.41, 5.74) is 3.01. The van der Waals surface area contributed by atoms with Gasteiger partial charge in [-0.3, -0.25) is 5.10 Å². The Morgan fingerprint density at radius 2 is 2.60 bits per heavy atom. The van der Waals surface area contributed by atoms with E-state index in [0.717, 1.165) is 22.3 Å². The number of nitrogens with one attached hydrogen (secondary N) is 1. The summed E-state index contributed by atoms with van der Waals surface area (Å²) in [5.74, 6) is 0. The van der Waals surface area contributed by atoms with Crippen LogP contribution in [0, 0.1) is 6.92 Å². The van der Waals surface area contributed by atoms with Crippen molar-refractivity contribution in [3.05, 3.63) is 24.0 Å². The standard InChI is InChI=1S/C7H9BrN2/c1-5(4-8)7-3-6(2)9-10-7/h3H,1,4H2,2H3,(H,9,10). The molecule has 0 aliphatic rings. The van der Waals surface area contributed by atoms with Crippen LogP contribution < -0.4 is 0 Å². The van der Waals surface area contributed by atoms with Crippen molar-refractivity contribution >= 4 is 21.5 Å². The fraction of sp³-hybridized carbons (Fsp3) is 0.286. The summed E-state index contributed by atoms with van der Waals surface area (Å²) in [4.78, 5) is 0. The third-order valence-electron chi connectivity index (χ3n) is 1.23. The number of alkyl halides is 1. The van der Waals surface area contributed by atoms with Crippen molar-refractivity contribution in [3.63, 3.8) is 0 Å². The Hall–Kier alpha value is -0.570. The SMILES string of the molecule is C=C(CBr)c1cc(C)[nH]n1. The van der Waals surface area contributed by atoms with Crippen molar-refractivity contribution in [1.29, 1.82) is 0 Å². The second kappa shape index (κ2) is 3.01. The number of rotatable bonds is 2. The highest BCUT2D eigenvalue weighted by Gasteiger charge is 1.99. The number of aromatic nitrogens is 2. The normalized spacial score (nSPS) is 9.80. The van der Waals surface area contributed by atoms with Gasteiger partial charge in [0.05, 0.1) is 5.69 Å². The summed E-state index contributed by atoms with van der Waals surface area (Å²) >= 11 is 3.31. The van der Waals surface area contributed by atoms with Crippen molar-refractivity contribution < 1.29 is 0 Å². The first-order valence-corrected chi connectivity index (χ1v) is 4.12.